The first kappa shape index (κ1) is 17.3. The van der Waals surface area contributed by atoms with Crippen LogP contribution in [-0.2, 0) is 7.05 Å². The van der Waals surface area contributed by atoms with Gasteiger partial charge >= 0.3 is 156 Å². The summed E-state index contributed by atoms with van der Waals surface area (Å²) in [5.41, 5.74) is 4.90. The van der Waals surface area contributed by atoms with Gasteiger partial charge in [-0.3, -0.25) is 0 Å². The molecule has 0 amide bonds. The zero-order valence-electron chi connectivity index (χ0n) is 15.9. The van der Waals surface area contributed by atoms with Crippen molar-refractivity contribution >= 4 is 39.6 Å². The molecule has 2 aromatic heterocycles. The number of hydrogen-bond acceptors (Lipinski definition) is 1. The minimum atomic E-state index is -2.45. The third kappa shape index (κ3) is 2.57. The number of fused-ring (bicyclic) bond motifs is 3. The van der Waals surface area contributed by atoms with Gasteiger partial charge in [0.1, 0.15) is 0 Å². The predicted molar refractivity (Wildman–Crippen MR) is 108 cm³/mol. The van der Waals surface area contributed by atoms with Crippen molar-refractivity contribution in [2.75, 3.05) is 0 Å². The number of halogens is 1. The Morgan fingerprint density at radius 2 is 1.62 bits per heavy atom. The Morgan fingerprint density at radius 3 is 2.31 bits per heavy atom. The normalized spacial score (nSPS) is 12.2. The summed E-state index contributed by atoms with van der Waals surface area (Å²) in [6, 6.07) is 13.8. The first-order valence-electron chi connectivity index (χ1n) is 8.89. The Balaban J connectivity index is 2.18. The summed E-state index contributed by atoms with van der Waals surface area (Å²) in [4.78, 5) is 0. The van der Waals surface area contributed by atoms with Crippen LogP contribution < -0.4 is 8.96 Å². The molecule has 0 atom stereocenters. The number of nitrogens with zero attached hydrogens (tertiary/aromatic N) is 1. The van der Waals surface area contributed by atoms with E-state index in [1.807, 2.05) is 31.4 Å². The Labute approximate surface area is 155 Å². The number of furan rings is 1. The number of pyridine rings is 1. The predicted octanol–water partition coefficient (Wildman–Crippen LogP) is 5.07. The zero-order valence-corrected chi connectivity index (χ0v) is 18.0. The molecule has 2 heterocycles. The maximum atomic E-state index is 14.7. The third-order valence-electron chi connectivity index (χ3n) is 5.03. The van der Waals surface area contributed by atoms with Crippen molar-refractivity contribution in [3.63, 3.8) is 0 Å². The van der Waals surface area contributed by atoms with Crippen LogP contribution in [0.5, 0.6) is 0 Å². The molecule has 0 aliphatic heterocycles. The van der Waals surface area contributed by atoms with Crippen LogP contribution in [0.15, 0.2) is 53.1 Å². The van der Waals surface area contributed by atoms with Gasteiger partial charge in [0.15, 0.2) is 0 Å². The van der Waals surface area contributed by atoms with E-state index >= 15 is 0 Å². The average molecular weight is 409 g/mol. The fourth-order valence-electron chi connectivity index (χ4n) is 3.78. The van der Waals surface area contributed by atoms with Crippen LogP contribution in [0.4, 0.5) is 4.39 Å². The second kappa shape index (κ2) is 5.95. The molecule has 2 aromatic carbocycles. The second-order valence-electron chi connectivity index (χ2n) is 7.98. The van der Waals surface area contributed by atoms with Gasteiger partial charge in [0, 0.05) is 0 Å². The number of rotatable bonds is 2. The van der Waals surface area contributed by atoms with Crippen molar-refractivity contribution < 1.29 is 13.4 Å². The molecule has 0 bridgehead atoms. The molecule has 4 aromatic rings. The molecular formula is C22H23FGeNO+. The fourth-order valence-corrected chi connectivity index (χ4v) is 7.28. The van der Waals surface area contributed by atoms with Crippen LogP contribution in [0.2, 0.25) is 17.3 Å². The quantitative estimate of drug-likeness (QED) is 0.334. The topological polar surface area (TPSA) is 17.0 Å². The van der Waals surface area contributed by atoms with E-state index in [2.05, 4.69) is 47.0 Å². The van der Waals surface area contributed by atoms with Crippen molar-refractivity contribution in [2.24, 2.45) is 7.05 Å². The summed E-state index contributed by atoms with van der Waals surface area (Å²) < 4.78 is 24.0. The van der Waals surface area contributed by atoms with Crippen molar-refractivity contribution in [1.82, 2.24) is 0 Å². The monoisotopic (exact) mass is 410 g/mol. The van der Waals surface area contributed by atoms with Gasteiger partial charge in [0.2, 0.25) is 0 Å². The summed E-state index contributed by atoms with van der Waals surface area (Å²) in [6.45, 7) is 2.10. The first-order chi connectivity index (χ1) is 12.3. The van der Waals surface area contributed by atoms with Crippen LogP contribution >= 0.6 is 0 Å². The molecule has 0 radical (unpaired) electrons. The van der Waals surface area contributed by atoms with Gasteiger partial charge in [-0.15, -0.1) is 0 Å². The first-order valence-corrected chi connectivity index (χ1v) is 16.2. The SMILES string of the molecule is Cc1ccc2c(oc3[c]([Ge]([CH3])([CH3])[CH3])c(F)ccc32)c1-c1cccc[n+]1C. The summed E-state index contributed by atoms with van der Waals surface area (Å²) in [7, 11) is 2.03. The van der Waals surface area contributed by atoms with Gasteiger partial charge in [-0.1, -0.05) is 0 Å². The van der Waals surface area contributed by atoms with E-state index in [0.29, 0.717) is 0 Å². The fraction of sp³-hybridized carbons (Fsp3) is 0.227. The van der Waals surface area contributed by atoms with E-state index in [1.54, 1.807) is 6.07 Å². The van der Waals surface area contributed by atoms with Crippen molar-refractivity contribution in [3.8, 4) is 11.3 Å². The van der Waals surface area contributed by atoms with Crippen LogP contribution in [0.25, 0.3) is 33.2 Å². The molecule has 26 heavy (non-hydrogen) atoms. The minimum absolute atomic E-state index is 0.132. The van der Waals surface area contributed by atoms with Gasteiger partial charge in [-0.2, -0.15) is 0 Å². The number of hydrogen-bond donors (Lipinski definition) is 0. The van der Waals surface area contributed by atoms with Crippen molar-refractivity contribution in [2.45, 2.75) is 24.2 Å². The van der Waals surface area contributed by atoms with E-state index in [1.165, 1.54) is 0 Å². The molecule has 132 valence electrons. The van der Waals surface area contributed by atoms with Gasteiger partial charge in [0.25, 0.3) is 0 Å². The van der Waals surface area contributed by atoms with E-state index in [0.717, 1.165) is 43.2 Å². The molecule has 0 saturated carbocycles. The number of benzene rings is 2. The van der Waals surface area contributed by atoms with Gasteiger partial charge < -0.3 is 0 Å². The van der Waals surface area contributed by atoms with E-state index in [4.69, 9.17) is 4.42 Å². The summed E-state index contributed by atoms with van der Waals surface area (Å²) in [6.07, 6.45) is 2.03. The molecule has 0 saturated heterocycles. The Hall–Kier alpha value is -2.14. The molecule has 4 rings (SSSR count). The van der Waals surface area contributed by atoms with Crippen LogP contribution in [0.3, 0.4) is 0 Å². The number of aromatic nitrogens is 1. The van der Waals surface area contributed by atoms with E-state index in [9.17, 15) is 4.39 Å². The van der Waals surface area contributed by atoms with Crippen molar-refractivity contribution in [1.29, 1.82) is 0 Å². The van der Waals surface area contributed by atoms with Gasteiger partial charge in [-0.05, 0) is 0 Å². The van der Waals surface area contributed by atoms with Crippen LogP contribution in [0, 0.1) is 12.7 Å². The number of aryl methyl sites for hydroxylation is 2. The Kier molecular flexibility index (Phi) is 3.95. The summed E-state index contributed by atoms with van der Waals surface area (Å²) in [5, 5.41) is 2.06. The molecule has 0 aliphatic rings. The summed E-state index contributed by atoms with van der Waals surface area (Å²) >= 11 is -2.45. The molecule has 0 spiro atoms. The van der Waals surface area contributed by atoms with Crippen molar-refractivity contribution in [3.05, 3.63) is 60.0 Å². The molecule has 0 unspecified atom stereocenters. The molecule has 4 heteroatoms. The van der Waals surface area contributed by atoms with Crippen LogP contribution in [0.1, 0.15) is 5.56 Å². The maximum absolute atomic E-state index is 14.7. The molecular weight excluding hydrogens is 386 g/mol. The summed E-state index contributed by atoms with van der Waals surface area (Å²) in [5.74, 6) is 6.48. The van der Waals surface area contributed by atoms with Gasteiger partial charge in [-0.25, -0.2) is 0 Å². The van der Waals surface area contributed by atoms with E-state index < -0.39 is 13.3 Å². The van der Waals surface area contributed by atoms with Gasteiger partial charge in [0.05, 0.1) is 0 Å². The Bertz CT molecular complexity index is 1150. The van der Waals surface area contributed by atoms with E-state index in [-0.39, 0.29) is 5.82 Å². The average Bonchev–Trinajstić information content (AvgIpc) is 2.92. The Morgan fingerprint density at radius 1 is 0.923 bits per heavy atom. The molecule has 0 aliphatic carbocycles. The molecule has 0 N–H and O–H groups in total. The molecule has 0 fully saturated rings. The second-order valence-corrected chi connectivity index (χ2v) is 18.5. The zero-order chi connectivity index (χ0) is 18.6. The molecule has 2 nitrogen and oxygen atoms in total. The van der Waals surface area contributed by atoms with Crippen LogP contribution in [-0.4, -0.2) is 13.3 Å². The standard InChI is InChI=1S/C22H23FGeNO/c1-14-9-10-15-16-11-12-17(23)20(24(2,3)4)22(16)26-21(15)19(14)18-8-6-7-13-25(18)5/h6-13H,1-5H3/q+1. The third-order valence-corrected chi connectivity index (χ3v) is 9.15.